The van der Waals surface area contributed by atoms with E-state index in [2.05, 4.69) is 10.2 Å². The van der Waals surface area contributed by atoms with E-state index in [0.717, 1.165) is 22.6 Å². The highest BCUT2D eigenvalue weighted by atomic mass is 32.1. The van der Waals surface area contributed by atoms with E-state index in [4.69, 9.17) is 0 Å². The first-order chi connectivity index (χ1) is 17.9. The lowest BCUT2D eigenvalue weighted by atomic mass is 9.77. The number of pyridine rings is 1. The molecule has 3 aromatic rings. The molecular formula is C28H28N4O4S. The lowest BCUT2D eigenvalue weighted by Crippen LogP contribution is -2.67. The Morgan fingerprint density at radius 2 is 1.76 bits per heavy atom. The second-order valence-corrected chi connectivity index (χ2v) is 11.4. The zero-order chi connectivity index (χ0) is 25.6. The molecule has 2 fully saturated rings. The molecule has 4 amide bonds. The number of aromatic nitrogens is 1. The Bertz CT molecular complexity index is 1400. The molecular weight excluding hydrogens is 488 g/mol. The maximum absolute atomic E-state index is 14.1. The molecule has 37 heavy (non-hydrogen) atoms. The van der Waals surface area contributed by atoms with Crippen LogP contribution in [0.25, 0.3) is 0 Å². The number of imide groups is 2. The first kappa shape index (κ1) is 23.8. The van der Waals surface area contributed by atoms with Crippen molar-refractivity contribution in [1.29, 1.82) is 0 Å². The number of likely N-dealkylation sites (tertiary alicyclic amines) is 1. The maximum Gasteiger partial charge on any atom is 0.331 e. The summed E-state index contributed by atoms with van der Waals surface area (Å²) in [6.07, 6.45) is 1.21. The van der Waals surface area contributed by atoms with Gasteiger partial charge in [0, 0.05) is 55.2 Å². The lowest BCUT2D eigenvalue weighted by molar-refractivity contribution is -0.154. The summed E-state index contributed by atoms with van der Waals surface area (Å²) in [5, 5.41) is 4.44. The summed E-state index contributed by atoms with van der Waals surface area (Å²) < 4.78 is 1.87. The molecule has 5 heterocycles. The van der Waals surface area contributed by atoms with Crippen molar-refractivity contribution in [2.75, 3.05) is 19.6 Å². The van der Waals surface area contributed by atoms with Crippen LogP contribution in [-0.4, -0.2) is 51.8 Å². The zero-order valence-electron chi connectivity index (χ0n) is 20.3. The molecule has 3 aliphatic rings. The smallest absolute Gasteiger partial charge is 0.312 e. The molecule has 8 nitrogen and oxygen atoms in total. The fourth-order valence-corrected chi connectivity index (χ4v) is 7.03. The number of barbiturate groups is 1. The molecule has 2 bridgehead atoms. The SMILES string of the molecule is O=C1NC(=O)[C@](Cc2cccs2)(CN2C[C@@H]3C[C@@H](C2)c2cccc(=O)n2C3)C(=O)N1Cc1ccccc1. The predicted octanol–water partition coefficient (Wildman–Crippen LogP) is 2.84. The summed E-state index contributed by atoms with van der Waals surface area (Å²) in [5.41, 5.74) is 0.433. The molecule has 6 rings (SSSR count). The number of thiophene rings is 1. The number of nitrogens with zero attached hydrogens (tertiary/aromatic N) is 3. The summed E-state index contributed by atoms with van der Waals surface area (Å²) in [7, 11) is 0. The molecule has 1 N–H and O–H groups in total. The predicted molar refractivity (Wildman–Crippen MR) is 139 cm³/mol. The standard InChI is InChI=1S/C28H28N4O4S/c33-24-10-4-9-23-21-12-20(16-31(23)24)14-30(17-21)18-28(13-22-8-5-11-37-22)25(34)29-27(36)32(26(28)35)15-19-6-2-1-3-7-19/h1-11,20-21H,12-18H2,(H,29,34,36)/t20-,21-,28-/m0/s1. The highest BCUT2D eigenvalue weighted by molar-refractivity contribution is 7.09. The number of carbonyl (C=O) groups excluding carboxylic acids is 3. The van der Waals surface area contributed by atoms with E-state index in [-0.39, 0.29) is 36.9 Å². The number of hydrogen-bond acceptors (Lipinski definition) is 6. The van der Waals surface area contributed by atoms with Crippen LogP contribution in [0.2, 0.25) is 0 Å². The molecule has 190 valence electrons. The van der Waals surface area contributed by atoms with Crippen molar-refractivity contribution < 1.29 is 14.4 Å². The van der Waals surface area contributed by atoms with Crippen molar-refractivity contribution in [3.05, 3.63) is 92.5 Å². The van der Waals surface area contributed by atoms with Crippen LogP contribution in [0.4, 0.5) is 4.79 Å². The van der Waals surface area contributed by atoms with Gasteiger partial charge in [-0.25, -0.2) is 4.79 Å². The molecule has 1 aromatic carbocycles. The van der Waals surface area contributed by atoms with Crippen molar-refractivity contribution in [1.82, 2.24) is 19.7 Å². The fourth-order valence-electron chi connectivity index (χ4n) is 6.21. The average molecular weight is 517 g/mol. The molecule has 0 unspecified atom stereocenters. The van der Waals surface area contributed by atoms with Gasteiger partial charge in [-0.05, 0) is 35.4 Å². The molecule has 3 aliphatic heterocycles. The van der Waals surface area contributed by atoms with E-state index in [1.807, 2.05) is 58.5 Å². The lowest BCUT2D eigenvalue weighted by Gasteiger charge is -2.47. The van der Waals surface area contributed by atoms with Crippen LogP contribution in [0.5, 0.6) is 0 Å². The number of carbonyl (C=O) groups is 3. The Hall–Kier alpha value is -3.56. The van der Waals surface area contributed by atoms with Crippen molar-refractivity contribution in [2.24, 2.45) is 11.3 Å². The molecule has 2 saturated heterocycles. The van der Waals surface area contributed by atoms with E-state index in [9.17, 15) is 19.2 Å². The number of urea groups is 1. The first-order valence-electron chi connectivity index (χ1n) is 12.6. The second-order valence-electron chi connectivity index (χ2n) is 10.4. The number of nitrogens with one attached hydrogen (secondary N) is 1. The van der Waals surface area contributed by atoms with Gasteiger partial charge in [0.05, 0.1) is 6.54 Å². The summed E-state index contributed by atoms with van der Waals surface area (Å²) >= 11 is 1.50. The Morgan fingerprint density at radius 1 is 0.919 bits per heavy atom. The monoisotopic (exact) mass is 516 g/mol. The molecule has 9 heteroatoms. The normalized spacial score (nSPS) is 25.6. The van der Waals surface area contributed by atoms with Crippen LogP contribution in [0.15, 0.2) is 70.8 Å². The summed E-state index contributed by atoms with van der Waals surface area (Å²) in [5.74, 6) is -0.573. The average Bonchev–Trinajstić information content (AvgIpc) is 3.40. The Balaban J connectivity index is 1.33. The van der Waals surface area contributed by atoms with Gasteiger partial charge in [-0.2, -0.15) is 0 Å². The third-order valence-corrected chi connectivity index (χ3v) is 8.72. The largest absolute Gasteiger partial charge is 0.331 e. The van der Waals surface area contributed by atoms with Gasteiger partial charge in [-0.3, -0.25) is 24.6 Å². The number of hydrogen-bond donors (Lipinski definition) is 1. The molecule has 0 saturated carbocycles. The molecule has 0 aliphatic carbocycles. The highest BCUT2D eigenvalue weighted by Gasteiger charge is 2.55. The van der Waals surface area contributed by atoms with Gasteiger partial charge >= 0.3 is 6.03 Å². The summed E-state index contributed by atoms with van der Waals surface area (Å²) in [6.45, 7) is 2.30. The number of piperidine rings is 1. The number of rotatable bonds is 6. The maximum atomic E-state index is 14.1. The fraction of sp³-hybridized carbons (Fsp3) is 0.357. The summed E-state index contributed by atoms with van der Waals surface area (Å²) in [6, 6.07) is 17.9. The molecule has 0 radical (unpaired) electrons. The van der Waals surface area contributed by atoms with Crippen LogP contribution < -0.4 is 10.9 Å². The van der Waals surface area contributed by atoms with Gasteiger partial charge in [0.15, 0.2) is 0 Å². The number of amides is 4. The Labute approximate surface area is 218 Å². The van der Waals surface area contributed by atoms with E-state index < -0.39 is 23.3 Å². The van der Waals surface area contributed by atoms with Crippen LogP contribution >= 0.6 is 11.3 Å². The highest BCUT2D eigenvalue weighted by Crippen LogP contribution is 2.39. The third kappa shape index (κ3) is 4.32. The molecule has 0 spiro atoms. The van der Waals surface area contributed by atoms with E-state index in [1.165, 1.54) is 16.2 Å². The second kappa shape index (κ2) is 9.39. The van der Waals surface area contributed by atoms with Crippen LogP contribution in [0.3, 0.4) is 0 Å². The van der Waals surface area contributed by atoms with Gasteiger partial charge in [-0.1, -0.05) is 42.5 Å². The van der Waals surface area contributed by atoms with Gasteiger partial charge in [0.25, 0.3) is 5.56 Å². The quantitative estimate of drug-likeness (QED) is 0.509. The van der Waals surface area contributed by atoms with Crippen LogP contribution in [-0.2, 0) is 29.1 Å². The van der Waals surface area contributed by atoms with Gasteiger partial charge in [0.2, 0.25) is 11.8 Å². The number of benzene rings is 1. The Morgan fingerprint density at radius 3 is 2.54 bits per heavy atom. The van der Waals surface area contributed by atoms with Gasteiger partial charge in [-0.15, -0.1) is 11.3 Å². The van der Waals surface area contributed by atoms with Crippen molar-refractivity contribution in [3.63, 3.8) is 0 Å². The molecule has 2 aromatic heterocycles. The minimum absolute atomic E-state index is 0.0201. The van der Waals surface area contributed by atoms with Crippen LogP contribution in [0, 0.1) is 11.3 Å². The van der Waals surface area contributed by atoms with Crippen molar-refractivity contribution in [3.8, 4) is 0 Å². The van der Waals surface area contributed by atoms with E-state index in [0.29, 0.717) is 19.6 Å². The summed E-state index contributed by atoms with van der Waals surface area (Å²) in [4.78, 5) is 57.3. The van der Waals surface area contributed by atoms with E-state index in [1.54, 1.807) is 12.1 Å². The molecule has 3 atom stereocenters. The van der Waals surface area contributed by atoms with Crippen molar-refractivity contribution >= 4 is 29.2 Å². The zero-order valence-corrected chi connectivity index (χ0v) is 21.2. The number of fused-ring (bicyclic) bond motifs is 4. The third-order valence-electron chi connectivity index (χ3n) is 7.84. The van der Waals surface area contributed by atoms with Crippen molar-refractivity contribution in [2.45, 2.75) is 31.8 Å². The minimum Gasteiger partial charge on any atom is -0.312 e. The van der Waals surface area contributed by atoms with Gasteiger partial charge in [0.1, 0.15) is 5.41 Å². The van der Waals surface area contributed by atoms with Crippen LogP contribution in [0.1, 0.15) is 28.5 Å². The van der Waals surface area contributed by atoms with E-state index >= 15 is 0 Å². The van der Waals surface area contributed by atoms with Gasteiger partial charge < -0.3 is 9.47 Å². The first-order valence-corrected chi connectivity index (χ1v) is 13.5. The Kier molecular flexibility index (Phi) is 6.04. The topological polar surface area (TPSA) is 91.7 Å². The minimum atomic E-state index is -1.42.